The standard InChI is InChI=1S/C37H52ClN5O7/c1-6-11-26(30(45)33(47)42-20-36(5,49)21-42)39-32(46)28-19-37(18-27(41-50-37)24-14-10-15-25(38)17-24)22-43(28)34(48)31(35(2,3)4)40-29(44)16-23-12-8-7-9-13-23/h10,14-15,17-18,23,26,28,31,41,49H,6-9,11-13,16,19-22H2,1-5H3,(H,39,46)(H,40,44)/t26-,28-,31+,37+/m0/s1. The van der Waals surface area contributed by atoms with E-state index in [1.54, 1.807) is 19.1 Å². The minimum absolute atomic E-state index is 0.000241. The third-order valence-corrected chi connectivity index (χ3v) is 10.5. The maximum atomic E-state index is 14.6. The van der Waals surface area contributed by atoms with E-state index in [0.29, 0.717) is 23.6 Å². The molecule has 13 heteroatoms. The molecule has 4 aliphatic rings. The number of hydrogen-bond acceptors (Lipinski definition) is 8. The zero-order valence-corrected chi connectivity index (χ0v) is 30.6. The van der Waals surface area contributed by atoms with Crippen molar-refractivity contribution in [2.45, 2.75) is 122 Å². The summed E-state index contributed by atoms with van der Waals surface area (Å²) in [6, 6.07) is 4.07. The van der Waals surface area contributed by atoms with Crippen molar-refractivity contribution in [2.24, 2.45) is 11.3 Å². The number of halogens is 1. The fraction of sp³-hybridized carbons (Fsp3) is 0.649. The summed E-state index contributed by atoms with van der Waals surface area (Å²) < 4.78 is 0. The summed E-state index contributed by atoms with van der Waals surface area (Å²) in [5.74, 6) is -2.49. The van der Waals surface area contributed by atoms with Crippen molar-refractivity contribution in [1.82, 2.24) is 25.9 Å². The second-order valence-corrected chi connectivity index (χ2v) is 16.4. The third-order valence-electron chi connectivity index (χ3n) is 10.2. The molecular weight excluding hydrogens is 662 g/mol. The van der Waals surface area contributed by atoms with Crippen LogP contribution in [0.5, 0.6) is 0 Å². The molecule has 5 rings (SSSR count). The molecule has 1 spiro atoms. The van der Waals surface area contributed by atoms with Gasteiger partial charge in [-0.15, -0.1) is 0 Å². The molecule has 0 bridgehead atoms. The summed E-state index contributed by atoms with van der Waals surface area (Å²) in [7, 11) is 0. The van der Waals surface area contributed by atoms with Crippen LogP contribution in [0.3, 0.4) is 0 Å². The molecule has 1 aromatic rings. The number of benzene rings is 1. The molecule has 3 aliphatic heterocycles. The Balaban J connectivity index is 1.41. The van der Waals surface area contributed by atoms with Crippen LogP contribution in [0.2, 0.25) is 5.02 Å². The first kappa shape index (κ1) is 37.8. The number of Topliss-reactive ketones (excluding diaryl/α,β-unsaturated/α-hetero) is 1. The quantitative estimate of drug-likeness (QED) is 0.254. The van der Waals surface area contributed by atoms with E-state index < -0.39 is 58.2 Å². The highest BCUT2D eigenvalue weighted by Gasteiger charge is 2.54. The molecule has 1 saturated carbocycles. The topological polar surface area (TPSA) is 157 Å². The van der Waals surface area contributed by atoms with Gasteiger partial charge < -0.3 is 25.5 Å². The molecule has 0 aromatic heterocycles. The molecule has 1 aromatic carbocycles. The van der Waals surface area contributed by atoms with E-state index in [2.05, 4.69) is 16.1 Å². The Bertz CT molecular complexity index is 1510. The summed E-state index contributed by atoms with van der Waals surface area (Å²) in [6.07, 6.45) is 8.30. The van der Waals surface area contributed by atoms with Gasteiger partial charge in [0.2, 0.25) is 23.5 Å². The molecule has 274 valence electrons. The van der Waals surface area contributed by atoms with E-state index >= 15 is 0 Å². The molecule has 4 N–H and O–H groups in total. The molecule has 0 radical (unpaired) electrons. The Morgan fingerprint density at radius 2 is 1.78 bits per heavy atom. The molecule has 0 unspecified atom stereocenters. The van der Waals surface area contributed by atoms with Gasteiger partial charge in [0.15, 0.2) is 0 Å². The number of amides is 4. The van der Waals surface area contributed by atoms with Gasteiger partial charge in [0.25, 0.3) is 5.91 Å². The maximum Gasteiger partial charge on any atom is 0.292 e. The first-order valence-corrected chi connectivity index (χ1v) is 18.3. The highest BCUT2D eigenvalue weighted by Crippen LogP contribution is 2.39. The van der Waals surface area contributed by atoms with E-state index in [1.807, 2.05) is 45.9 Å². The Morgan fingerprint density at radius 3 is 2.40 bits per heavy atom. The second kappa shape index (κ2) is 15.0. The summed E-state index contributed by atoms with van der Waals surface area (Å²) in [5.41, 5.74) is 1.49. The van der Waals surface area contributed by atoms with Crippen LogP contribution < -0.4 is 16.1 Å². The van der Waals surface area contributed by atoms with E-state index in [0.717, 1.165) is 31.2 Å². The highest BCUT2D eigenvalue weighted by molar-refractivity contribution is 6.38. The Kier molecular flexibility index (Phi) is 11.3. The molecule has 2 saturated heterocycles. The number of nitrogens with one attached hydrogen (secondary N) is 3. The van der Waals surface area contributed by atoms with Crippen molar-refractivity contribution in [1.29, 1.82) is 0 Å². The van der Waals surface area contributed by atoms with Gasteiger partial charge in [-0.25, -0.2) is 0 Å². The predicted molar refractivity (Wildman–Crippen MR) is 188 cm³/mol. The predicted octanol–water partition coefficient (Wildman–Crippen LogP) is 3.50. The summed E-state index contributed by atoms with van der Waals surface area (Å²) in [6.45, 7) is 9.11. The van der Waals surface area contributed by atoms with Gasteiger partial charge in [-0.3, -0.25) is 34.3 Å². The Labute approximate surface area is 299 Å². The number of carbonyl (C=O) groups is 5. The van der Waals surface area contributed by atoms with Crippen LogP contribution in [0.25, 0.3) is 5.70 Å². The largest absolute Gasteiger partial charge is 0.386 e. The smallest absolute Gasteiger partial charge is 0.292 e. The van der Waals surface area contributed by atoms with Crippen molar-refractivity contribution < 1.29 is 33.9 Å². The molecule has 50 heavy (non-hydrogen) atoms. The van der Waals surface area contributed by atoms with Crippen molar-refractivity contribution in [2.75, 3.05) is 19.6 Å². The number of hydroxylamine groups is 1. The molecule has 4 atom stereocenters. The highest BCUT2D eigenvalue weighted by atomic mass is 35.5. The van der Waals surface area contributed by atoms with E-state index in [9.17, 15) is 29.1 Å². The fourth-order valence-corrected chi connectivity index (χ4v) is 7.75. The van der Waals surface area contributed by atoms with Gasteiger partial charge in [-0.05, 0) is 55.7 Å². The van der Waals surface area contributed by atoms with E-state index in [-0.39, 0.29) is 44.3 Å². The summed E-state index contributed by atoms with van der Waals surface area (Å²) in [5, 5.41) is 16.4. The SMILES string of the molecule is CCC[C@H](NC(=O)[C@@H]1C[C@]2(C=C(c3cccc(Cl)c3)NO2)CN1C(=O)[C@@H](NC(=O)CC1CCCCC1)C(C)(C)C)C(=O)C(=O)N1CC(C)(O)C1. The summed E-state index contributed by atoms with van der Waals surface area (Å²) in [4.78, 5) is 77.4. The van der Waals surface area contributed by atoms with E-state index in [1.165, 1.54) is 16.2 Å². The van der Waals surface area contributed by atoms with Crippen LogP contribution in [0.4, 0.5) is 0 Å². The van der Waals surface area contributed by atoms with Gasteiger partial charge >= 0.3 is 0 Å². The number of rotatable bonds is 11. The lowest BCUT2D eigenvalue weighted by atomic mass is 9.84. The third kappa shape index (κ3) is 8.69. The van der Waals surface area contributed by atoms with Crippen LogP contribution in [0, 0.1) is 11.3 Å². The van der Waals surface area contributed by atoms with Gasteiger partial charge in [-0.1, -0.05) is 77.1 Å². The number of carbonyl (C=O) groups excluding carboxylic acids is 5. The number of ketones is 1. The molecule has 3 heterocycles. The van der Waals surface area contributed by atoms with Crippen molar-refractivity contribution in [3.63, 3.8) is 0 Å². The molecule has 4 amide bonds. The van der Waals surface area contributed by atoms with Crippen LogP contribution in [0.1, 0.15) is 98.0 Å². The van der Waals surface area contributed by atoms with Crippen molar-refractivity contribution in [3.05, 3.63) is 40.9 Å². The lowest BCUT2D eigenvalue weighted by molar-refractivity contribution is -0.160. The first-order valence-electron chi connectivity index (χ1n) is 17.9. The minimum atomic E-state index is -1.12. The van der Waals surface area contributed by atoms with Crippen LogP contribution in [-0.2, 0) is 28.8 Å². The number of β-amino-alcohol motifs (C(OH)–C–C–N with tert-alkyl or cyclic N) is 1. The zero-order chi connectivity index (χ0) is 36.4. The maximum absolute atomic E-state index is 14.6. The Hall–Kier alpha value is -3.48. The lowest BCUT2D eigenvalue weighted by Gasteiger charge is -2.44. The van der Waals surface area contributed by atoms with Crippen molar-refractivity contribution >= 4 is 46.7 Å². The van der Waals surface area contributed by atoms with E-state index in [4.69, 9.17) is 16.4 Å². The molecule has 1 aliphatic carbocycles. The number of aliphatic hydroxyl groups is 1. The average Bonchev–Trinajstić information content (AvgIpc) is 3.64. The normalized spacial score (nSPS) is 24.5. The van der Waals surface area contributed by atoms with Gasteiger partial charge in [-0.2, -0.15) is 0 Å². The van der Waals surface area contributed by atoms with Gasteiger partial charge in [0, 0.05) is 23.4 Å². The summed E-state index contributed by atoms with van der Waals surface area (Å²) >= 11 is 6.25. The number of likely N-dealkylation sites (tertiary alicyclic amines) is 2. The zero-order valence-electron chi connectivity index (χ0n) is 29.9. The van der Waals surface area contributed by atoms with Crippen LogP contribution in [0.15, 0.2) is 30.3 Å². The van der Waals surface area contributed by atoms with Gasteiger partial charge in [0.1, 0.15) is 17.7 Å². The lowest BCUT2D eigenvalue weighted by Crippen LogP contribution is -2.64. The van der Waals surface area contributed by atoms with Crippen LogP contribution >= 0.6 is 11.6 Å². The molecular formula is C37H52ClN5O7. The fourth-order valence-electron chi connectivity index (χ4n) is 7.56. The van der Waals surface area contributed by atoms with Gasteiger partial charge in [0.05, 0.1) is 37.0 Å². The minimum Gasteiger partial charge on any atom is -0.386 e. The Morgan fingerprint density at radius 1 is 1.08 bits per heavy atom. The number of nitrogens with zero attached hydrogens (tertiary/aromatic N) is 2. The van der Waals surface area contributed by atoms with Crippen molar-refractivity contribution in [3.8, 4) is 0 Å². The first-order chi connectivity index (χ1) is 23.5. The van der Waals surface area contributed by atoms with Crippen LogP contribution in [-0.4, -0.2) is 93.3 Å². The molecule has 3 fully saturated rings. The number of hydrogen-bond donors (Lipinski definition) is 4. The molecule has 12 nitrogen and oxygen atoms in total. The second-order valence-electron chi connectivity index (χ2n) is 16.0. The monoisotopic (exact) mass is 713 g/mol. The average molecular weight is 714 g/mol.